The first-order valence-corrected chi connectivity index (χ1v) is 7.74. The van der Waals surface area contributed by atoms with E-state index in [2.05, 4.69) is 6.58 Å². The lowest BCUT2D eigenvalue weighted by atomic mass is 9.65. The molecule has 2 fully saturated rings. The Labute approximate surface area is 127 Å². The fourth-order valence-electron chi connectivity index (χ4n) is 4.65. The van der Waals surface area contributed by atoms with Crippen molar-refractivity contribution in [3.05, 3.63) is 12.2 Å². The molecule has 2 saturated carbocycles. The number of fused-ring (bicyclic) bond motifs is 2. The van der Waals surface area contributed by atoms with Gasteiger partial charge in [0.05, 0.1) is 11.2 Å². The maximum Gasteiger partial charge on any atom is 0.333 e. The number of aliphatic hydroxyl groups is 2. The summed E-state index contributed by atoms with van der Waals surface area (Å²) in [5.41, 5.74) is -1.34. The Morgan fingerprint density at radius 2 is 1.62 bits per heavy atom. The first-order valence-electron chi connectivity index (χ1n) is 7.74. The van der Waals surface area contributed by atoms with E-state index in [0.29, 0.717) is 5.57 Å². The zero-order valence-corrected chi connectivity index (χ0v) is 13.7. The minimum atomic E-state index is -0.904. The number of hydrogen-bond acceptors (Lipinski definition) is 4. The van der Waals surface area contributed by atoms with E-state index < -0.39 is 11.2 Å². The van der Waals surface area contributed by atoms with Gasteiger partial charge in [-0.25, -0.2) is 4.79 Å². The third kappa shape index (κ3) is 3.02. The molecule has 0 amide bonds. The second-order valence-corrected chi connectivity index (χ2v) is 7.98. The molecule has 0 aliphatic heterocycles. The van der Waals surface area contributed by atoms with Gasteiger partial charge in [-0.1, -0.05) is 6.58 Å². The molecule has 0 spiro atoms. The molecule has 0 heterocycles. The Kier molecular flexibility index (Phi) is 4.00. The number of hydrogen-bond donors (Lipinski definition) is 2. The third-order valence-corrected chi connectivity index (χ3v) is 5.18. The molecule has 0 saturated heterocycles. The molecule has 0 radical (unpaired) electrons. The monoisotopic (exact) mass is 296 g/mol. The molecule has 2 aliphatic rings. The molecule has 0 aromatic rings. The maximum atomic E-state index is 11.8. The minimum Gasteiger partial charge on any atom is -0.459 e. The Morgan fingerprint density at radius 1 is 1.10 bits per heavy atom. The summed E-state index contributed by atoms with van der Waals surface area (Å²) in [5.74, 6) is -0.00706. The van der Waals surface area contributed by atoms with E-state index in [4.69, 9.17) is 4.74 Å². The fraction of sp³-hybridized carbons (Fsp3) is 0.824. The first-order chi connectivity index (χ1) is 9.43. The van der Waals surface area contributed by atoms with Crippen molar-refractivity contribution >= 4 is 5.97 Å². The van der Waals surface area contributed by atoms with Crippen molar-refractivity contribution in [3.8, 4) is 0 Å². The molecule has 2 N–H and O–H groups in total. The Morgan fingerprint density at radius 3 is 2.05 bits per heavy atom. The van der Waals surface area contributed by atoms with Gasteiger partial charge in [0.2, 0.25) is 0 Å². The summed E-state index contributed by atoms with van der Waals surface area (Å²) in [6, 6.07) is 0. The van der Waals surface area contributed by atoms with E-state index >= 15 is 0 Å². The Bertz CT molecular complexity index is 441. The van der Waals surface area contributed by atoms with Gasteiger partial charge in [-0.15, -0.1) is 0 Å². The van der Waals surface area contributed by atoms with Crippen LogP contribution in [0.15, 0.2) is 12.2 Å². The van der Waals surface area contributed by atoms with Crippen molar-refractivity contribution < 1.29 is 19.7 Å². The smallest absolute Gasteiger partial charge is 0.333 e. The van der Waals surface area contributed by atoms with Crippen LogP contribution >= 0.6 is 0 Å². The lowest BCUT2D eigenvalue weighted by Gasteiger charge is -2.46. The molecule has 1 unspecified atom stereocenters. The maximum absolute atomic E-state index is 11.8. The van der Waals surface area contributed by atoms with Gasteiger partial charge in [0.25, 0.3) is 0 Å². The highest BCUT2D eigenvalue weighted by atomic mass is 16.5. The van der Waals surface area contributed by atoms with Crippen LogP contribution in [0.2, 0.25) is 0 Å². The summed E-state index contributed by atoms with van der Waals surface area (Å²) in [5, 5.41) is 21.1. The Balaban J connectivity index is 2.23. The van der Waals surface area contributed by atoms with Crippen LogP contribution in [0.1, 0.15) is 47.5 Å². The van der Waals surface area contributed by atoms with Crippen LogP contribution in [0.5, 0.6) is 0 Å². The Hall–Kier alpha value is -0.870. The van der Waals surface area contributed by atoms with Gasteiger partial charge in [-0.3, -0.25) is 0 Å². The van der Waals surface area contributed by atoms with Gasteiger partial charge in [0.1, 0.15) is 6.10 Å². The summed E-state index contributed by atoms with van der Waals surface area (Å²) in [7, 11) is 0. The zero-order valence-electron chi connectivity index (χ0n) is 13.7. The highest BCUT2D eigenvalue weighted by Gasteiger charge is 2.61. The summed E-state index contributed by atoms with van der Waals surface area (Å²) in [6.07, 6.45) is 1.50. The quantitative estimate of drug-likeness (QED) is 0.617. The van der Waals surface area contributed by atoms with Crippen LogP contribution < -0.4 is 0 Å². The molecule has 4 heteroatoms. The fourth-order valence-corrected chi connectivity index (χ4v) is 4.65. The number of carbonyl (C=O) groups is 1. The second kappa shape index (κ2) is 5.10. The molecule has 5 atom stereocenters. The van der Waals surface area contributed by atoms with E-state index in [-0.39, 0.29) is 35.7 Å². The van der Waals surface area contributed by atoms with Crippen LogP contribution in [0, 0.1) is 23.7 Å². The molecule has 0 aromatic carbocycles. The van der Waals surface area contributed by atoms with Crippen LogP contribution in [0.4, 0.5) is 0 Å². The largest absolute Gasteiger partial charge is 0.459 e. The standard InChI is InChI=1S/C17H28O4/c1-9(2)15(18)21-12-8-10-7-11(12)14(17(5,6)20)13(10)16(3,4)19/h10-14,19-20H,1,7-8H2,2-6H3/t10-,11+,12-,13?,14-/m1/s1. The highest BCUT2D eigenvalue weighted by Crippen LogP contribution is 2.59. The highest BCUT2D eigenvalue weighted by molar-refractivity contribution is 5.87. The molecule has 2 bridgehead atoms. The number of esters is 1. The molecule has 0 aromatic heterocycles. The van der Waals surface area contributed by atoms with E-state index in [1.807, 2.05) is 13.8 Å². The van der Waals surface area contributed by atoms with E-state index in [1.165, 1.54) is 0 Å². The minimum absolute atomic E-state index is 0.0299. The first kappa shape index (κ1) is 16.5. The van der Waals surface area contributed by atoms with Gasteiger partial charge < -0.3 is 14.9 Å². The summed E-state index contributed by atoms with van der Waals surface area (Å²) >= 11 is 0. The van der Waals surface area contributed by atoms with E-state index in [9.17, 15) is 15.0 Å². The van der Waals surface area contributed by atoms with Crippen molar-refractivity contribution in [2.24, 2.45) is 23.7 Å². The zero-order chi connectivity index (χ0) is 16.2. The summed E-state index contributed by atoms with van der Waals surface area (Å²) < 4.78 is 5.56. The molecule has 2 rings (SSSR count). The van der Waals surface area contributed by atoms with Crippen LogP contribution in [-0.4, -0.2) is 33.5 Å². The second-order valence-electron chi connectivity index (χ2n) is 7.98. The predicted molar refractivity (Wildman–Crippen MR) is 80.5 cm³/mol. The van der Waals surface area contributed by atoms with Gasteiger partial charge >= 0.3 is 5.97 Å². The van der Waals surface area contributed by atoms with Gasteiger partial charge in [-0.2, -0.15) is 0 Å². The average molecular weight is 296 g/mol. The van der Waals surface area contributed by atoms with E-state index in [0.717, 1.165) is 12.8 Å². The van der Waals surface area contributed by atoms with Crippen LogP contribution in [0.25, 0.3) is 0 Å². The van der Waals surface area contributed by atoms with Crippen molar-refractivity contribution in [2.75, 3.05) is 0 Å². The molecule has 120 valence electrons. The van der Waals surface area contributed by atoms with Crippen LogP contribution in [0.3, 0.4) is 0 Å². The van der Waals surface area contributed by atoms with Gasteiger partial charge in [0.15, 0.2) is 0 Å². The van der Waals surface area contributed by atoms with Gasteiger partial charge in [-0.05, 0) is 65.2 Å². The van der Waals surface area contributed by atoms with Crippen molar-refractivity contribution in [1.82, 2.24) is 0 Å². The van der Waals surface area contributed by atoms with Crippen molar-refractivity contribution in [2.45, 2.75) is 64.8 Å². The lowest BCUT2D eigenvalue weighted by molar-refractivity contribution is -0.159. The molecule has 4 nitrogen and oxygen atoms in total. The summed E-state index contributed by atoms with van der Waals surface area (Å²) in [4.78, 5) is 11.8. The topological polar surface area (TPSA) is 66.8 Å². The SMILES string of the molecule is C=C(C)C(=O)O[C@@H]1C[C@H]2C[C@@H]1[C@@H](C(C)(C)O)C2C(C)(C)O. The third-order valence-electron chi connectivity index (χ3n) is 5.18. The molecule has 2 aliphatic carbocycles. The lowest BCUT2D eigenvalue weighted by Crippen LogP contribution is -2.51. The van der Waals surface area contributed by atoms with Crippen LogP contribution in [-0.2, 0) is 9.53 Å². The number of ether oxygens (including phenoxy) is 1. The molecule has 21 heavy (non-hydrogen) atoms. The van der Waals surface area contributed by atoms with Gasteiger partial charge in [0, 0.05) is 11.5 Å². The average Bonchev–Trinajstić information content (AvgIpc) is 2.83. The summed E-state index contributed by atoms with van der Waals surface area (Å²) in [6.45, 7) is 12.5. The normalized spacial score (nSPS) is 35.9. The molecular formula is C17H28O4. The van der Waals surface area contributed by atoms with Crippen molar-refractivity contribution in [1.29, 1.82) is 0 Å². The van der Waals surface area contributed by atoms with Crippen molar-refractivity contribution in [3.63, 3.8) is 0 Å². The van der Waals surface area contributed by atoms with E-state index in [1.54, 1.807) is 20.8 Å². The number of carbonyl (C=O) groups excluding carboxylic acids is 1. The predicted octanol–water partition coefficient (Wildman–Crippen LogP) is 2.29. The number of rotatable bonds is 4. The molecular weight excluding hydrogens is 268 g/mol.